The molecule has 0 N–H and O–H groups in total. The Kier molecular flexibility index (Phi) is 2.52. The second-order valence-electron chi connectivity index (χ2n) is 3.14. The van der Waals surface area contributed by atoms with Crippen LogP contribution in [0.1, 0.15) is 12.5 Å². The fraction of sp³-hybridized carbons (Fsp3) is 0.200. The van der Waals surface area contributed by atoms with E-state index in [2.05, 4.69) is 4.98 Å². The summed E-state index contributed by atoms with van der Waals surface area (Å²) in [5.74, 6) is 0.112. The molecule has 1 heterocycles. The van der Waals surface area contributed by atoms with Crippen LogP contribution in [-0.2, 0) is 11.2 Å². The molecule has 0 radical (unpaired) electrons. The van der Waals surface area contributed by atoms with Crippen LogP contribution in [0.3, 0.4) is 0 Å². The summed E-state index contributed by atoms with van der Waals surface area (Å²) >= 11 is 7.58. The molecule has 1 aromatic heterocycles. The monoisotopic (exact) mass is 225 g/mol. The molecule has 72 valence electrons. The molecule has 0 saturated carbocycles. The summed E-state index contributed by atoms with van der Waals surface area (Å²) in [5, 5.41) is 0.650. The number of fused-ring (bicyclic) bond motifs is 1. The zero-order valence-electron chi connectivity index (χ0n) is 7.58. The van der Waals surface area contributed by atoms with Crippen molar-refractivity contribution in [3.8, 4) is 0 Å². The topological polar surface area (TPSA) is 30.0 Å². The molecule has 2 nitrogen and oxygen atoms in total. The number of nitrogens with zero attached hydrogens (tertiary/aromatic N) is 1. The van der Waals surface area contributed by atoms with Crippen LogP contribution >= 0.6 is 22.9 Å². The lowest BCUT2D eigenvalue weighted by atomic mass is 10.1. The van der Waals surface area contributed by atoms with Crippen LogP contribution < -0.4 is 0 Å². The Morgan fingerprint density at radius 1 is 1.57 bits per heavy atom. The van der Waals surface area contributed by atoms with E-state index in [1.54, 1.807) is 23.8 Å². The highest BCUT2D eigenvalue weighted by Gasteiger charge is 2.06. The molecule has 0 unspecified atom stereocenters. The Morgan fingerprint density at radius 2 is 2.36 bits per heavy atom. The van der Waals surface area contributed by atoms with E-state index in [-0.39, 0.29) is 5.78 Å². The van der Waals surface area contributed by atoms with Crippen molar-refractivity contribution >= 4 is 38.9 Å². The Bertz CT molecular complexity index is 492. The van der Waals surface area contributed by atoms with Gasteiger partial charge in [0, 0.05) is 11.4 Å². The Morgan fingerprint density at radius 3 is 3.07 bits per heavy atom. The molecule has 0 bridgehead atoms. The van der Waals surface area contributed by atoms with Crippen LogP contribution in [-0.4, -0.2) is 10.8 Å². The third-order valence-electron chi connectivity index (χ3n) is 1.94. The molecular formula is C10H8ClNOS. The van der Waals surface area contributed by atoms with Gasteiger partial charge in [-0.3, -0.25) is 4.79 Å². The number of hydrogen-bond donors (Lipinski definition) is 0. The first kappa shape index (κ1) is 9.62. The smallest absolute Gasteiger partial charge is 0.134 e. The van der Waals surface area contributed by atoms with E-state index < -0.39 is 0 Å². The third-order valence-corrected chi connectivity index (χ3v) is 3.08. The second kappa shape index (κ2) is 3.67. The largest absolute Gasteiger partial charge is 0.300 e. The highest BCUT2D eigenvalue weighted by molar-refractivity contribution is 7.16. The zero-order chi connectivity index (χ0) is 10.1. The summed E-state index contributed by atoms with van der Waals surface area (Å²) in [5.41, 5.74) is 3.55. The molecule has 0 saturated heterocycles. The summed E-state index contributed by atoms with van der Waals surface area (Å²) in [4.78, 5) is 15.1. The Labute approximate surface area is 90.5 Å². The van der Waals surface area contributed by atoms with Gasteiger partial charge in [-0.05, 0) is 24.6 Å². The number of Topliss-reactive ketones (excluding diaryl/α,β-unsaturated/α-hetero) is 1. The summed E-state index contributed by atoms with van der Waals surface area (Å²) in [6.07, 6.45) is 0.381. The van der Waals surface area contributed by atoms with Gasteiger partial charge in [-0.25, -0.2) is 4.98 Å². The molecule has 2 aromatic rings. The van der Waals surface area contributed by atoms with Crippen LogP contribution in [0.15, 0.2) is 17.6 Å². The number of benzene rings is 1. The number of carbonyl (C=O) groups is 1. The average molecular weight is 226 g/mol. The summed E-state index contributed by atoms with van der Waals surface area (Å²) in [6.45, 7) is 1.56. The van der Waals surface area contributed by atoms with Gasteiger partial charge in [0.05, 0.1) is 15.7 Å². The van der Waals surface area contributed by atoms with E-state index in [0.717, 1.165) is 15.8 Å². The van der Waals surface area contributed by atoms with Crippen molar-refractivity contribution in [2.45, 2.75) is 13.3 Å². The van der Waals surface area contributed by atoms with Crippen LogP contribution in [0.4, 0.5) is 0 Å². The first-order chi connectivity index (χ1) is 6.66. The van der Waals surface area contributed by atoms with Crippen LogP contribution in [0, 0.1) is 0 Å². The molecule has 2 rings (SSSR count). The number of aromatic nitrogens is 1. The maximum Gasteiger partial charge on any atom is 0.134 e. The molecule has 14 heavy (non-hydrogen) atoms. The van der Waals surface area contributed by atoms with Gasteiger partial charge in [-0.2, -0.15) is 0 Å². The van der Waals surface area contributed by atoms with E-state index in [1.165, 1.54) is 0 Å². The molecular weight excluding hydrogens is 218 g/mol. The lowest BCUT2D eigenvalue weighted by Gasteiger charge is -2.00. The minimum Gasteiger partial charge on any atom is -0.300 e. The normalized spacial score (nSPS) is 10.7. The molecule has 0 fully saturated rings. The van der Waals surface area contributed by atoms with Crippen LogP contribution in [0.25, 0.3) is 10.2 Å². The summed E-state index contributed by atoms with van der Waals surface area (Å²) < 4.78 is 1.06. The van der Waals surface area contributed by atoms with Gasteiger partial charge in [-0.15, -0.1) is 11.3 Å². The minimum absolute atomic E-state index is 0.112. The molecule has 1 aromatic carbocycles. The number of thiazole rings is 1. The number of carbonyl (C=O) groups excluding carboxylic acids is 1. The van der Waals surface area contributed by atoms with E-state index >= 15 is 0 Å². The van der Waals surface area contributed by atoms with Crippen molar-refractivity contribution in [1.82, 2.24) is 4.98 Å². The van der Waals surface area contributed by atoms with Gasteiger partial charge in [0.1, 0.15) is 5.78 Å². The van der Waals surface area contributed by atoms with Crippen molar-refractivity contribution in [3.05, 3.63) is 28.2 Å². The molecule has 0 aliphatic rings. The van der Waals surface area contributed by atoms with Crippen LogP contribution in [0.2, 0.25) is 5.02 Å². The van der Waals surface area contributed by atoms with Gasteiger partial charge < -0.3 is 0 Å². The van der Waals surface area contributed by atoms with Gasteiger partial charge in [0.15, 0.2) is 0 Å². The first-order valence-electron chi connectivity index (χ1n) is 4.18. The predicted molar refractivity (Wildman–Crippen MR) is 59.0 cm³/mol. The number of rotatable bonds is 2. The molecule has 4 heteroatoms. The van der Waals surface area contributed by atoms with E-state index in [9.17, 15) is 4.79 Å². The Balaban J connectivity index is 2.53. The minimum atomic E-state index is 0.112. The first-order valence-corrected chi connectivity index (χ1v) is 5.43. The summed E-state index contributed by atoms with van der Waals surface area (Å²) in [6, 6.07) is 3.75. The molecule has 0 spiro atoms. The van der Waals surface area contributed by atoms with Crippen LogP contribution in [0.5, 0.6) is 0 Å². The average Bonchev–Trinajstić information content (AvgIpc) is 2.51. The number of hydrogen-bond acceptors (Lipinski definition) is 3. The highest BCUT2D eigenvalue weighted by Crippen LogP contribution is 2.26. The maximum atomic E-state index is 11.0. The molecule has 0 atom stereocenters. The van der Waals surface area contributed by atoms with Gasteiger partial charge in [0.2, 0.25) is 0 Å². The van der Waals surface area contributed by atoms with Crippen molar-refractivity contribution in [3.63, 3.8) is 0 Å². The number of ketones is 1. The van der Waals surface area contributed by atoms with Crippen molar-refractivity contribution in [2.75, 3.05) is 0 Å². The second-order valence-corrected chi connectivity index (χ2v) is 4.44. The van der Waals surface area contributed by atoms with E-state index in [4.69, 9.17) is 11.6 Å². The lowest BCUT2D eigenvalue weighted by molar-refractivity contribution is -0.116. The molecule has 0 amide bonds. The fourth-order valence-corrected chi connectivity index (χ4v) is 2.32. The van der Waals surface area contributed by atoms with E-state index in [1.807, 2.05) is 12.1 Å². The Hall–Kier alpha value is -0.930. The number of halogens is 1. The quantitative estimate of drug-likeness (QED) is 0.786. The molecule has 0 aliphatic carbocycles. The van der Waals surface area contributed by atoms with E-state index in [0.29, 0.717) is 11.4 Å². The third kappa shape index (κ3) is 1.79. The standard InChI is InChI=1S/C10H8ClNOS/c1-6(13)2-7-3-9-10(4-8(7)11)14-5-12-9/h3-5H,2H2,1H3. The van der Waals surface area contributed by atoms with Gasteiger partial charge in [0.25, 0.3) is 0 Å². The molecule has 0 aliphatic heterocycles. The predicted octanol–water partition coefficient (Wildman–Crippen LogP) is 3.08. The van der Waals surface area contributed by atoms with Gasteiger partial charge in [-0.1, -0.05) is 11.6 Å². The van der Waals surface area contributed by atoms with Crippen molar-refractivity contribution in [1.29, 1.82) is 0 Å². The SMILES string of the molecule is CC(=O)Cc1cc2ncsc2cc1Cl. The lowest BCUT2D eigenvalue weighted by Crippen LogP contribution is -1.96. The fourth-order valence-electron chi connectivity index (χ4n) is 1.33. The summed E-state index contributed by atoms with van der Waals surface area (Å²) in [7, 11) is 0. The zero-order valence-corrected chi connectivity index (χ0v) is 9.15. The van der Waals surface area contributed by atoms with Gasteiger partial charge >= 0.3 is 0 Å². The van der Waals surface area contributed by atoms with Crippen molar-refractivity contribution in [2.24, 2.45) is 0 Å². The highest BCUT2D eigenvalue weighted by atomic mass is 35.5. The maximum absolute atomic E-state index is 11.0. The van der Waals surface area contributed by atoms with Crippen molar-refractivity contribution < 1.29 is 4.79 Å².